The van der Waals surface area contributed by atoms with Crippen molar-refractivity contribution in [2.24, 2.45) is 5.92 Å². The molecular weight excluding hydrogens is 420 g/mol. The second-order valence-corrected chi connectivity index (χ2v) is 11.1. The molecule has 2 aliphatic heterocycles. The number of ether oxygens (including phenoxy) is 1. The van der Waals surface area contributed by atoms with E-state index in [1.54, 1.807) is 17.5 Å². The largest absolute Gasteiger partial charge is 0.376 e. The van der Waals surface area contributed by atoms with Gasteiger partial charge in [-0.1, -0.05) is 36.4 Å². The van der Waals surface area contributed by atoms with Gasteiger partial charge in [0.15, 0.2) is 0 Å². The van der Waals surface area contributed by atoms with Gasteiger partial charge in [-0.25, -0.2) is 8.42 Å². The number of hydrogen-bond donors (Lipinski definition) is 0. The summed E-state index contributed by atoms with van der Waals surface area (Å²) in [5, 5.41) is 1.77. The highest BCUT2D eigenvalue weighted by Crippen LogP contribution is 2.28. The first-order valence-corrected chi connectivity index (χ1v) is 12.8. The minimum absolute atomic E-state index is 0.0944. The molecule has 3 heterocycles. The number of nitrogens with zero attached hydrogens (tertiary/aromatic N) is 2. The van der Waals surface area contributed by atoms with Crippen LogP contribution in [0.5, 0.6) is 0 Å². The fraction of sp³-hybridized carbons (Fsp3) is 0.500. The zero-order chi connectivity index (χ0) is 21.0. The van der Waals surface area contributed by atoms with Crippen LogP contribution < -0.4 is 0 Å². The summed E-state index contributed by atoms with van der Waals surface area (Å²) in [6.45, 7) is 2.69. The molecule has 0 radical (unpaired) electrons. The fourth-order valence-corrected chi connectivity index (χ4v) is 6.82. The number of piperidine rings is 1. The Morgan fingerprint density at radius 1 is 1.10 bits per heavy atom. The van der Waals surface area contributed by atoms with Gasteiger partial charge in [0.25, 0.3) is 10.0 Å². The molecule has 0 saturated carbocycles. The van der Waals surface area contributed by atoms with Gasteiger partial charge in [-0.3, -0.25) is 4.79 Å². The number of sulfonamides is 1. The van der Waals surface area contributed by atoms with E-state index in [1.165, 1.54) is 15.6 Å². The van der Waals surface area contributed by atoms with Crippen molar-refractivity contribution in [3.8, 4) is 0 Å². The maximum Gasteiger partial charge on any atom is 0.252 e. The molecule has 2 aromatic rings. The molecule has 0 spiro atoms. The predicted molar refractivity (Wildman–Crippen MR) is 117 cm³/mol. The van der Waals surface area contributed by atoms with Crippen molar-refractivity contribution >= 4 is 27.3 Å². The Hall–Kier alpha value is -1.74. The maximum atomic E-state index is 13.4. The first-order chi connectivity index (χ1) is 14.5. The summed E-state index contributed by atoms with van der Waals surface area (Å²) >= 11 is 1.24. The summed E-state index contributed by atoms with van der Waals surface area (Å²) in [6, 6.07) is 13.4. The van der Waals surface area contributed by atoms with E-state index in [2.05, 4.69) is 0 Å². The van der Waals surface area contributed by atoms with Gasteiger partial charge in [0.1, 0.15) is 4.21 Å². The van der Waals surface area contributed by atoms with Crippen molar-refractivity contribution < 1.29 is 17.9 Å². The smallest absolute Gasteiger partial charge is 0.252 e. The average Bonchev–Trinajstić information content (AvgIpc) is 3.48. The Balaban J connectivity index is 1.41. The van der Waals surface area contributed by atoms with Crippen molar-refractivity contribution in [1.82, 2.24) is 9.21 Å². The van der Waals surface area contributed by atoms with Gasteiger partial charge in [0.2, 0.25) is 5.91 Å². The zero-order valence-corrected chi connectivity index (χ0v) is 18.6. The Morgan fingerprint density at radius 3 is 2.50 bits per heavy atom. The Bertz CT molecular complexity index is 917. The lowest BCUT2D eigenvalue weighted by Gasteiger charge is -2.34. The zero-order valence-electron chi connectivity index (χ0n) is 17.0. The van der Waals surface area contributed by atoms with Gasteiger partial charge >= 0.3 is 0 Å². The predicted octanol–water partition coefficient (Wildman–Crippen LogP) is 3.36. The molecule has 2 aliphatic rings. The van der Waals surface area contributed by atoms with E-state index < -0.39 is 10.0 Å². The Morgan fingerprint density at radius 2 is 1.87 bits per heavy atom. The molecule has 1 amide bonds. The molecule has 4 rings (SSSR count). The van der Waals surface area contributed by atoms with Crippen molar-refractivity contribution in [3.63, 3.8) is 0 Å². The highest BCUT2D eigenvalue weighted by atomic mass is 32.2. The standard InChI is InChI=1S/C22H28N2O4S2/c25-22(19-10-12-24(13-11-19)30(26,27)21-9-5-15-29-21)23(17-20-8-4-14-28-20)16-18-6-2-1-3-7-18/h1-3,5-7,9,15,19-20H,4,8,10-14,16-17H2. The van der Waals surface area contributed by atoms with Crippen molar-refractivity contribution in [1.29, 1.82) is 0 Å². The van der Waals surface area contributed by atoms with E-state index >= 15 is 0 Å². The summed E-state index contributed by atoms with van der Waals surface area (Å²) in [7, 11) is -3.45. The van der Waals surface area contributed by atoms with Crippen LogP contribution in [0.2, 0.25) is 0 Å². The molecule has 1 aromatic heterocycles. The number of carbonyl (C=O) groups is 1. The number of carbonyl (C=O) groups excluding carboxylic acids is 1. The summed E-state index contributed by atoms with van der Waals surface area (Å²) in [4.78, 5) is 15.3. The third kappa shape index (κ3) is 4.94. The van der Waals surface area contributed by atoms with Crippen LogP contribution in [-0.4, -0.2) is 55.9 Å². The molecule has 1 atom stereocenters. The van der Waals surface area contributed by atoms with Crippen LogP contribution in [0.25, 0.3) is 0 Å². The number of rotatable bonds is 7. The summed E-state index contributed by atoms with van der Waals surface area (Å²) in [5.74, 6) is -0.0348. The molecule has 2 fully saturated rings. The third-order valence-corrected chi connectivity index (χ3v) is 9.14. The van der Waals surface area contributed by atoms with E-state index in [0.29, 0.717) is 43.2 Å². The highest BCUT2D eigenvalue weighted by Gasteiger charge is 2.35. The minimum Gasteiger partial charge on any atom is -0.376 e. The van der Waals surface area contributed by atoms with Gasteiger partial charge in [-0.05, 0) is 42.7 Å². The van der Waals surface area contributed by atoms with E-state index in [0.717, 1.165) is 25.0 Å². The summed E-state index contributed by atoms with van der Waals surface area (Å²) in [5.41, 5.74) is 1.10. The molecule has 1 aromatic carbocycles. The Labute approximate surface area is 182 Å². The second-order valence-electron chi connectivity index (χ2n) is 7.95. The Kier molecular flexibility index (Phi) is 6.87. The van der Waals surface area contributed by atoms with Crippen molar-refractivity contribution in [2.75, 3.05) is 26.2 Å². The molecule has 30 heavy (non-hydrogen) atoms. The lowest BCUT2D eigenvalue weighted by Crippen LogP contribution is -2.45. The molecule has 1 unspecified atom stereocenters. The summed E-state index contributed by atoms with van der Waals surface area (Å²) in [6.07, 6.45) is 3.23. The molecule has 6 nitrogen and oxygen atoms in total. The van der Waals surface area contributed by atoms with Gasteiger partial charge < -0.3 is 9.64 Å². The summed E-state index contributed by atoms with van der Waals surface area (Å²) < 4.78 is 33.2. The molecular formula is C22H28N2O4S2. The average molecular weight is 449 g/mol. The molecule has 0 bridgehead atoms. The number of amides is 1. The first kappa shape index (κ1) is 21.5. The van der Waals surface area contributed by atoms with Gasteiger partial charge in [-0.15, -0.1) is 11.3 Å². The fourth-order valence-electron chi connectivity index (χ4n) is 4.21. The SMILES string of the molecule is O=C(C1CCN(S(=O)(=O)c2cccs2)CC1)N(Cc1ccccc1)CC1CCCO1. The molecule has 0 N–H and O–H groups in total. The van der Waals surface area contributed by atoms with Crippen LogP contribution >= 0.6 is 11.3 Å². The van der Waals surface area contributed by atoms with Crippen LogP contribution in [0.15, 0.2) is 52.1 Å². The van der Waals surface area contributed by atoms with E-state index in [1.807, 2.05) is 35.2 Å². The maximum absolute atomic E-state index is 13.4. The second kappa shape index (κ2) is 9.60. The number of thiophene rings is 1. The third-order valence-electron chi connectivity index (χ3n) is 5.87. The van der Waals surface area contributed by atoms with Crippen LogP contribution in [0.1, 0.15) is 31.2 Å². The van der Waals surface area contributed by atoms with E-state index in [-0.39, 0.29) is 17.9 Å². The monoisotopic (exact) mass is 448 g/mol. The molecule has 162 valence electrons. The highest BCUT2D eigenvalue weighted by molar-refractivity contribution is 7.91. The number of benzene rings is 1. The normalized spacial score (nSPS) is 21.0. The van der Waals surface area contributed by atoms with Crippen LogP contribution in [0.3, 0.4) is 0 Å². The van der Waals surface area contributed by atoms with E-state index in [9.17, 15) is 13.2 Å². The van der Waals surface area contributed by atoms with Crippen LogP contribution in [0.4, 0.5) is 0 Å². The quantitative estimate of drug-likeness (QED) is 0.651. The van der Waals surface area contributed by atoms with Gasteiger partial charge in [0, 0.05) is 38.7 Å². The minimum atomic E-state index is -3.45. The van der Waals surface area contributed by atoms with Crippen LogP contribution in [-0.2, 0) is 26.1 Å². The van der Waals surface area contributed by atoms with Gasteiger partial charge in [0.05, 0.1) is 6.10 Å². The lowest BCUT2D eigenvalue weighted by molar-refractivity contribution is -0.139. The van der Waals surface area contributed by atoms with Crippen molar-refractivity contribution in [2.45, 2.75) is 42.5 Å². The molecule has 2 saturated heterocycles. The van der Waals surface area contributed by atoms with E-state index in [4.69, 9.17) is 4.74 Å². The topological polar surface area (TPSA) is 66.9 Å². The number of hydrogen-bond acceptors (Lipinski definition) is 5. The lowest BCUT2D eigenvalue weighted by atomic mass is 9.96. The van der Waals surface area contributed by atoms with Crippen molar-refractivity contribution in [3.05, 3.63) is 53.4 Å². The molecule has 8 heteroatoms. The van der Waals surface area contributed by atoms with Crippen LogP contribution in [0, 0.1) is 5.92 Å². The molecule has 0 aliphatic carbocycles. The first-order valence-electron chi connectivity index (χ1n) is 10.5. The van der Waals surface area contributed by atoms with Gasteiger partial charge in [-0.2, -0.15) is 4.31 Å².